The fourth-order valence-corrected chi connectivity index (χ4v) is 10.5. The van der Waals surface area contributed by atoms with Crippen molar-refractivity contribution in [2.45, 2.75) is 225 Å². The number of nitrogens with zero attached hydrogens (tertiary/aromatic N) is 2. The van der Waals surface area contributed by atoms with Gasteiger partial charge in [0.15, 0.2) is 24.8 Å². The van der Waals surface area contributed by atoms with E-state index in [4.69, 9.17) is 37.9 Å². The minimum Gasteiger partial charge on any atom is -0.493 e. The monoisotopic (exact) mass is 983 g/mol. The smallest absolute Gasteiger partial charge is 0.338 e. The van der Waals surface area contributed by atoms with Crippen LogP contribution in [0.5, 0.6) is 5.75 Å². The van der Waals surface area contributed by atoms with Crippen LogP contribution < -0.4 is 4.74 Å². The second kappa shape index (κ2) is 24.0. The molecule has 3 heterocycles. The minimum absolute atomic E-state index is 0.0130. The summed E-state index contributed by atoms with van der Waals surface area (Å²) in [5.41, 5.74) is -3.70. The van der Waals surface area contributed by atoms with E-state index in [1.54, 1.807) is 48.6 Å². The predicted octanol–water partition coefficient (Wildman–Crippen LogP) is 4.68. The zero-order chi connectivity index (χ0) is 52.1. The summed E-state index contributed by atoms with van der Waals surface area (Å²) in [6, 6.07) is 5.01. The number of hydrogen-bond acceptors (Lipinski definition) is 17. The quantitative estimate of drug-likeness (QED) is 0.126. The first kappa shape index (κ1) is 59.0. The number of cyclic esters (lactones) is 1. The molecule has 0 saturated carbocycles. The highest BCUT2D eigenvalue weighted by molar-refractivity contribution is 5.76. The van der Waals surface area contributed by atoms with Crippen LogP contribution in [0, 0.1) is 31.1 Å². The molecule has 0 amide bonds. The fourth-order valence-electron chi connectivity index (χ4n) is 10.5. The highest BCUT2D eigenvalue weighted by atomic mass is 16.7. The van der Waals surface area contributed by atoms with E-state index in [0.717, 1.165) is 16.9 Å². The molecule has 17 nitrogen and oxygen atoms in total. The average Bonchev–Trinajstić information content (AvgIpc) is 3.26. The molecule has 398 valence electrons. The van der Waals surface area contributed by atoms with E-state index >= 15 is 0 Å². The summed E-state index contributed by atoms with van der Waals surface area (Å²) in [6.45, 7) is 23.8. The maximum Gasteiger partial charge on any atom is 0.338 e. The van der Waals surface area contributed by atoms with Gasteiger partial charge < -0.3 is 73.2 Å². The first-order chi connectivity index (χ1) is 31.9. The molecular weight excluding hydrogens is 893 g/mol. The third-order valence-electron chi connectivity index (χ3n) is 15.2. The number of aliphatic hydroxyl groups excluding tert-OH is 3. The Morgan fingerprint density at radius 3 is 2.22 bits per heavy atom. The van der Waals surface area contributed by atoms with Crippen molar-refractivity contribution in [1.82, 2.24) is 9.80 Å². The molecule has 18 atom stereocenters. The maximum absolute atomic E-state index is 14.4. The number of esters is 2. The molecule has 3 fully saturated rings. The molecule has 0 aliphatic carbocycles. The van der Waals surface area contributed by atoms with E-state index in [-0.39, 0.29) is 25.2 Å². The molecule has 1 unspecified atom stereocenters. The molecule has 3 aliphatic heterocycles. The van der Waals surface area contributed by atoms with Crippen molar-refractivity contribution in [3.8, 4) is 5.75 Å². The van der Waals surface area contributed by atoms with E-state index in [0.29, 0.717) is 32.4 Å². The van der Waals surface area contributed by atoms with Crippen molar-refractivity contribution in [1.29, 1.82) is 0 Å². The molecule has 0 bridgehead atoms. The lowest BCUT2D eigenvalue weighted by Gasteiger charge is -2.49. The van der Waals surface area contributed by atoms with E-state index in [1.807, 2.05) is 83.6 Å². The van der Waals surface area contributed by atoms with Crippen LogP contribution in [-0.4, -0.2) is 185 Å². The van der Waals surface area contributed by atoms with Crippen LogP contribution in [0.25, 0.3) is 0 Å². The molecule has 1 aromatic carbocycles. The van der Waals surface area contributed by atoms with Gasteiger partial charge in [0.1, 0.15) is 35.8 Å². The maximum atomic E-state index is 14.4. The van der Waals surface area contributed by atoms with Crippen molar-refractivity contribution in [3.63, 3.8) is 0 Å². The average molecular weight is 983 g/mol. The molecule has 69 heavy (non-hydrogen) atoms. The lowest BCUT2D eigenvalue weighted by atomic mass is 9.79. The standard InChI is InChI=1S/C52H90N2O15/c1-18-38-52(13,61)43(56)34(7)54(16)28-30(3)26-50(11,60)45(33(6)41(40(55)46(58)66-38)67-39-27-51(12,62-17)44(57)35(8)65-39)69-47-42(36(53(14)15)25-32(5)64-47)68-48(59)49(9,10)22-19-23-63-37-24-29(2)20-21-31(37)4/h20-21,24,30,32-36,38-45,47,55-57,60-61H,18-19,22-23,25-28H2,1-17H3/t30-,32-,33+,34-,35+,36?,38-,39+,40-,41+,42-,43-,44+,45-,47+,50-,51-,52-/m1/s1. The first-order valence-corrected chi connectivity index (χ1v) is 25.0. The number of carbonyl (C=O) groups excluding carboxylic acids is 2. The Morgan fingerprint density at radius 1 is 0.957 bits per heavy atom. The number of methoxy groups -OCH3 is 1. The Bertz CT molecular complexity index is 1810. The summed E-state index contributed by atoms with van der Waals surface area (Å²) in [6.07, 6.45) is -11.5. The second-order valence-corrected chi connectivity index (χ2v) is 22.3. The van der Waals surface area contributed by atoms with Crippen LogP contribution in [0.1, 0.15) is 126 Å². The van der Waals surface area contributed by atoms with Crippen LogP contribution in [0.2, 0.25) is 0 Å². The van der Waals surface area contributed by atoms with Gasteiger partial charge in [-0.1, -0.05) is 32.9 Å². The van der Waals surface area contributed by atoms with Crippen LogP contribution in [0.4, 0.5) is 0 Å². The Balaban J connectivity index is 1.79. The van der Waals surface area contributed by atoms with Gasteiger partial charge in [0.05, 0.1) is 47.6 Å². The molecule has 0 radical (unpaired) electrons. The second-order valence-electron chi connectivity index (χ2n) is 22.3. The number of aryl methyl sites for hydroxylation is 2. The topological polar surface area (TPSA) is 216 Å². The number of aliphatic hydroxyl groups is 5. The third-order valence-corrected chi connectivity index (χ3v) is 15.2. The van der Waals surface area contributed by atoms with Crippen molar-refractivity contribution in [2.24, 2.45) is 17.3 Å². The van der Waals surface area contributed by atoms with Gasteiger partial charge in [-0.3, -0.25) is 4.79 Å². The van der Waals surface area contributed by atoms with E-state index in [2.05, 4.69) is 0 Å². The zero-order valence-corrected chi connectivity index (χ0v) is 44.8. The highest BCUT2D eigenvalue weighted by Crippen LogP contribution is 2.40. The van der Waals surface area contributed by atoms with Crippen molar-refractivity contribution in [3.05, 3.63) is 29.3 Å². The SMILES string of the molecule is CC[C@H]1OC(=O)[C@H](O)[C@@H](O[C@H]2C[C@@](C)(OC)[C@@H](O)[C@H](C)O2)[C@H](C)[C@@H](O[C@@H]2O[C@H](C)CC(N(C)C)[C@H]2OC(=O)C(C)(C)CCCOc2cc(C)ccc2C)[C@](C)(O)C[C@@H](C)CN(C)[C@H](C)[C@@H](O)[C@]1(C)O. The van der Waals surface area contributed by atoms with Gasteiger partial charge in [0.2, 0.25) is 0 Å². The van der Waals surface area contributed by atoms with Crippen LogP contribution >= 0.6 is 0 Å². The van der Waals surface area contributed by atoms with Crippen LogP contribution in [0.3, 0.4) is 0 Å². The number of carbonyl (C=O) groups is 2. The van der Waals surface area contributed by atoms with E-state index in [9.17, 15) is 35.1 Å². The molecule has 5 N–H and O–H groups in total. The zero-order valence-electron chi connectivity index (χ0n) is 44.8. The summed E-state index contributed by atoms with van der Waals surface area (Å²) in [5, 5.41) is 59.7. The van der Waals surface area contributed by atoms with E-state index < -0.39 is 120 Å². The molecule has 0 aromatic heterocycles. The molecule has 3 aliphatic rings. The van der Waals surface area contributed by atoms with Gasteiger partial charge in [-0.05, 0) is 146 Å². The Hall–Kier alpha value is -2.52. The third kappa shape index (κ3) is 14.4. The summed E-state index contributed by atoms with van der Waals surface area (Å²) in [7, 11) is 7.04. The summed E-state index contributed by atoms with van der Waals surface area (Å²) >= 11 is 0. The van der Waals surface area contributed by atoms with Gasteiger partial charge in [0, 0.05) is 32.0 Å². The van der Waals surface area contributed by atoms with Gasteiger partial charge in [0.25, 0.3) is 0 Å². The van der Waals surface area contributed by atoms with Gasteiger partial charge >= 0.3 is 11.9 Å². The van der Waals surface area contributed by atoms with Crippen LogP contribution in [-0.2, 0) is 42.7 Å². The first-order valence-electron chi connectivity index (χ1n) is 25.0. The summed E-state index contributed by atoms with van der Waals surface area (Å²) < 4.78 is 50.6. The predicted molar refractivity (Wildman–Crippen MR) is 259 cm³/mol. The van der Waals surface area contributed by atoms with Crippen molar-refractivity contribution in [2.75, 3.05) is 41.4 Å². The summed E-state index contributed by atoms with van der Waals surface area (Å²) in [5.74, 6) is -2.17. The lowest BCUT2D eigenvalue weighted by molar-refractivity contribution is -0.321. The minimum atomic E-state index is -2.07. The Morgan fingerprint density at radius 2 is 1.61 bits per heavy atom. The Labute approximate surface area is 412 Å². The number of hydrogen-bond donors (Lipinski definition) is 5. The molecule has 1 aromatic rings. The number of benzene rings is 1. The number of rotatable bonds is 14. The molecule has 17 heteroatoms. The van der Waals surface area contributed by atoms with E-state index in [1.165, 1.54) is 14.0 Å². The number of likely N-dealkylation sites (N-methyl/N-ethyl adjacent to an activating group) is 2. The normalized spacial score (nSPS) is 40.4. The molecule has 4 rings (SSSR count). The number of ether oxygens (including phenoxy) is 8. The fraction of sp³-hybridized carbons (Fsp3) is 0.846. The molecular formula is C52H90N2O15. The highest BCUT2D eigenvalue weighted by Gasteiger charge is 2.54. The summed E-state index contributed by atoms with van der Waals surface area (Å²) in [4.78, 5) is 32.6. The van der Waals surface area contributed by atoms with Gasteiger partial charge in [-0.15, -0.1) is 0 Å². The molecule has 0 spiro atoms. The van der Waals surface area contributed by atoms with Crippen LogP contribution in [0.15, 0.2) is 18.2 Å². The van der Waals surface area contributed by atoms with Crippen molar-refractivity contribution < 1.29 is 73.0 Å². The van der Waals surface area contributed by atoms with Gasteiger partial charge in [-0.25, -0.2) is 4.79 Å². The Kier molecular flexibility index (Phi) is 20.5. The van der Waals surface area contributed by atoms with Crippen molar-refractivity contribution >= 4 is 11.9 Å². The molecule has 3 saturated heterocycles. The lowest BCUT2D eigenvalue weighted by Crippen LogP contribution is -2.62. The van der Waals surface area contributed by atoms with Gasteiger partial charge in [-0.2, -0.15) is 0 Å². The largest absolute Gasteiger partial charge is 0.493 e.